The van der Waals surface area contributed by atoms with E-state index in [1.807, 2.05) is 82.4 Å². The van der Waals surface area contributed by atoms with Crippen molar-refractivity contribution in [3.8, 4) is 17.1 Å². The van der Waals surface area contributed by atoms with Crippen molar-refractivity contribution in [3.63, 3.8) is 0 Å². The molecule has 1 N–H and O–H groups in total. The molecule has 4 rings (SSSR count). The first-order valence-electron chi connectivity index (χ1n) is 9.06. The van der Waals surface area contributed by atoms with E-state index in [9.17, 15) is 4.79 Å². The molecule has 0 radical (unpaired) electrons. The van der Waals surface area contributed by atoms with Crippen LogP contribution in [0.25, 0.3) is 11.4 Å². The molecule has 0 spiro atoms. The Balaban J connectivity index is 1.57. The number of anilines is 1. The fraction of sp³-hybridized carbons (Fsp3) is 0.0952. The molecule has 0 fully saturated rings. The lowest BCUT2D eigenvalue weighted by molar-refractivity contribution is -0.113. The van der Waals surface area contributed by atoms with E-state index in [1.54, 1.807) is 7.11 Å². The third kappa shape index (κ3) is 4.58. The van der Waals surface area contributed by atoms with E-state index in [2.05, 4.69) is 31.4 Å². The molecule has 9 heteroatoms. The molecule has 4 aromatic rings. The summed E-state index contributed by atoms with van der Waals surface area (Å²) in [4.78, 5) is 12.4. The predicted octanol–water partition coefficient (Wildman–Crippen LogP) is 4.56. The zero-order valence-electron chi connectivity index (χ0n) is 16.0. The molecule has 7 nitrogen and oxygen atoms in total. The van der Waals surface area contributed by atoms with Gasteiger partial charge in [0.25, 0.3) is 0 Å². The second-order valence-corrected chi connectivity index (χ2v) is 8.12. The van der Waals surface area contributed by atoms with Gasteiger partial charge in [-0.25, -0.2) is 4.68 Å². The van der Waals surface area contributed by atoms with Crippen molar-refractivity contribution < 1.29 is 9.53 Å². The summed E-state index contributed by atoms with van der Waals surface area (Å²) in [6.07, 6.45) is 3.80. The molecule has 2 aromatic heterocycles. The molecule has 0 aliphatic heterocycles. The summed E-state index contributed by atoms with van der Waals surface area (Å²) in [7, 11) is 1.63. The summed E-state index contributed by atoms with van der Waals surface area (Å²) >= 11 is 4.72. The number of carbonyl (C=O) groups is 1. The maximum atomic E-state index is 12.4. The van der Waals surface area contributed by atoms with Crippen LogP contribution in [0.5, 0.6) is 5.75 Å². The molecule has 0 saturated heterocycles. The van der Waals surface area contributed by atoms with Crippen LogP contribution in [0.2, 0.25) is 0 Å². The number of rotatable bonds is 7. The van der Waals surface area contributed by atoms with Crippen molar-refractivity contribution in [2.45, 2.75) is 5.16 Å². The van der Waals surface area contributed by atoms with Gasteiger partial charge >= 0.3 is 0 Å². The van der Waals surface area contributed by atoms with Crippen LogP contribution in [0, 0.1) is 0 Å². The van der Waals surface area contributed by atoms with Crippen LogP contribution in [0.15, 0.2) is 82.7 Å². The predicted molar refractivity (Wildman–Crippen MR) is 121 cm³/mol. The van der Waals surface area contributed by atoms with Crippen molar-refractivity contribution in [2.24, 2.45) is 0 Å². The number of nitrogens with one attached hydrogen (secondary N) is 1. The summed E-state index contributed by atoms with van der Waals surface area (Å²) in [6, 6.07) is 18.9. The number of methoxy groups -OCH3 is 1. The van der Waals surface area contributed by atoms with E-state index >= 15 is 0 Å². The second kappa shape index (κ2) is 9.19. The summed E-state index contributed by atoms with van der Waals surface area (Å²) in [5.74, 6) is 1.46. The minimum Gasteiger partial charge on any atom is -0.497 e. The van der Waals surface area contributed by atoms with Gasteiger partial charge in [-0.3, -0.25) is 9.47 Å². The number of carbonyl (C=O) groups excluding carboxylic acids is 1. The number of halogens is 1. The van der Waals surface area contributed by atoms with Crippen LogP contribution in [0.4, 0.5) is 5.69 Å². The second-order valence-electron chi connectivity index (χ2n) is 6.26. The normalized spacial score (nSPS) is 10.7. The Morgan fingerprint density at radius 1 is 1.10 bits per heavy atom. The van der Waals surface area contributed by atoms with Crippen molar-refractivity contribution in [3.05, 3.63) is 77.5 Å². The zero-order valence-corrected chi connectivity index (χ0v) is 18.4. The Labute approximate surface area is 186 Å². The van der Waals surface area contributed by atoms with Crippen LogP contribution in [0.1, 0.15) is 0 Å². The third-order valence-corrected chi connectivity index (χ3v) is 5.61. The van der Waals surface area contributed by atoms with Gasteiger partial charge in [0.15, 0.2) is 5.82 Å². The first-order chi connectivity index (χ1) is 14.6. The molecular weight excluding hydrogens is 466 g/mol. The summed E-state index contributed by atoms with van der Waals surface area (Å²) in [6.45, 7) is 0. The van der Waals surface area contributed by atoms with Gasteiger partial charge < -0.3 is 10.1 Å². The molecule has 2 heterocycles. The molecule has 0 atom stereocenters. The van der Waals surface area contributed by atoms with Crippen LogP contribution in [-0.2, 0) is 4.79 Å². The minimum atomic E-state index is -0.122. The van der Waals surface area contributed by atoms with Gasteiger partial charge in [-0.2, -0.15) is 0 Å². The van der Waals surface area contributed by atoms with Crippen molar-refractivity contribution in [1.82, 2.24) is 19.5 Å². The van der Waals surface area contributed by atoms with E-state index in [4.69, 9.17) is 4.74 Å². The molecule has 0 aliphatic carbocycles. The van der Waals surface area contributed by atoms with E-state index in [1.165, 1.54) is 11.8 Å². The zero-order chi connectivity index (χ0) is 20.9. The monoisotopic (exact) mass is 483 g/mol. The number of hydrogen-bond acceptors (Lipinski definition) is 5. The Kier molecular flexibility index (Phi) is 6.20. The highest BCUT2D eigenvalue weighted by atomic mass is 79.9. The molecule has 0 unspecified atom stereocenters. The van der Waals surface area contributed by atoms with E-state index in [-0.39, 0.29) is 11.7 Å². The topological polar surface area (TPSA) is 74.0 Å². The highest BCUT2D eigenvalue weighted by molar-refractivity contribution is 9.10. The van der Waals surface area contributed by atoms with Gasteiger partial charge in [-0.15, -0.1) is 10.2 Å². The number of amides is 1. The molecule has 2 aromatic carbocycles. The van der Waals surface area contributed by atoms with Crippen LogP contribution < -0.4 is 10.1 Å². The number of hydrogen-bond donors (Lipinski definition) is 1. The SMILES string of the molecule is COc1cccc(-c2nnc(SCC(=O)Nc3cccc(Br)c3)n2-n2cccc2)c1. The molecular formula is C21H18BrN5O2S. The van der Waals surface area contributed by atoms with Gasteiger partial charge in [-0.1, -0.05) is 45.9 Å². The molecule has 30 heavy (non-hydrogen) atoms. The summed E-state index contributed by atoms with van der Waals surface area (Å²) in [5, 5.41) is 12.2. The van der Waals surface area contributed by atoms with Crippen LogP contribution in [-0.4, -0.2) is 38.3 Å². The fourth-order valence-corrected chi connectivity index (χ4v) is 3.99. The first-order valence-corrected chi connectivity index (χ1v) is 10.8. The fourth-order valence-electron chi connectivity index (χ4n) is 2.86. The molecule has 0 aliphatic rings. The van der Waals surface area contributed by atoms with Gasteiger partial charge in [0.2, 0.25) is 11.1 Å². The largest absolute Gasteiger partial charge is 0.497 e. The van der Waals surface area contributed by atoms with E-state index < -0.39 is 0 Å². The van der Waals surface area contributed by atoms with E-state index in [0.29, 0.717) is 11.0 Å². The summed E-state index contributed by atoms with van der Waals surface area (Å²) < 4.78 is 9.98. The van der Waals surface area contributed by atoms with Crippen molar-refractivity contribution >= 4 is 39.3 Å². The van der Waals surface area contributed by atoms with Gasteiger partial charge in [0.05, 0.1) is 12.9 Å². The molecule has 1 amide bonds. The standard InChI is InChI=1S/C21H18BrN5O2S/c1-29-18-9-4-6-15(12-18)20-24-25-21(27(20)26-10-2-3-11-26)30-14-19(28)23-17-8-5-7-16(22)13-17/h2-13H,14H2,1H3,(H,23,28). The highest BCUT2D eigenvalue weighted by Gasteiger charge is 2.17. The number of thioether (sulfide) groups is 1. The lowest BCUT2D eigenvalue weighted by atomic mass is 10.2. The quantitative estimate of drug-likeness (QED) is 0.390. The average Bonchev–Trinajstić information content (AvgIpc) is 3.42. The van der Waals surface area contributed by atoms with E-state index in [0.717, 1.165) is 21.5 Å². The van der Waals surface area contributed by atoms with Gasteiger partial charge in [-0.05, 0) is 42.5 Å². The Hall–Kier alpha value is -3.04. The Morgan fingerprint density at radius 3 is 2.67 bits per heavy atom. The summed E-state index contributed by atoms with van der Waals surface area (Å²) in [5.41, 5.74) is 1.60. The maximum Gasteiger partial charge on any atom is 0.234 e. The van der Waals surface area contributed by atoms with Gasteiger partial charge in [0, 0.05) is 28.1 Å². The average molecular weight is 484 g/mol. The lowest BCUT2D eigenvalue weighted by Crippen LogP contribution is -2.15. The number of ether oxygens (including phenoxy) is 1. The molecule has 152 valence electrons. The van der Waals surface area contributed by atoms with Crippen molar-refractivity contribution in [1.29, 1.82) is 0 Å². The highest BCUT2D eigenvalue weighted by Crippen LogP contribution is 2.27. The van der Waals surface area contributed by atoms with Crippen molar-refractivity contribution in [2.75, 3.05) is 18.2 Å². The third-order valence-electron chi connectivity index (χ3n) is 4.20. The number of nitrogens with zero attached hydrogens (tertiary/aromatic N) is 4. The smallest absolute Gasteiger partial charge is 0.234 e. The van der Waals surface area contributed by atoms with Gasteiger partial charge in [0.1, 0.15) is 5.75 Å². The molecule has 0 bridgehead atoms. The lowest BCUT2D eigenvalue weighted by Gasteiger charge is -2.12. The Bertz CT molecular complexity index is 1160. The number of benzene rings is 2. The van der Waals surface area contributed by atoms with Crippen LogP contribution >= 0.6 is 27.7 Å². The first kappa shape index (κ1) is 20.2. The van der Waals surface area contributed by atoms with Crippen LogP contribution in [0.3, 0.4) is 0 Å². The molecule has 0 saturated carbocycles. The minimum absolute atomic E-state index is 0.122. The maximum absolute atomic E-state index is 12.4. The Morgan fingerprint density at radius 2 is 1.90 bits per heavy atom. The number of aromatic nitrogens is 4.